The molecule has 0 unspecified atom stereocenters. The van der Waals surface area contributed by atoms with Crippen LogP contribution in [0.4, 0.5) is 11.4 Å². The molecule has 1 aliphatic carbocycles. The number of aryl methyl sites for hydroxylation is 1. The Balaban J connectivity index is 2.10. The number of nitrogens with one attached hydrogen (secondary N) is 1. The van der Waals surface area contributed by atoms with Gasteiger partial charge in [0.05, 0.1) is 11.3 Å². The fourth-order valence-electron chi connectivity index (χ4n) is 2.64. The van der Waals surface area contributed by atoms with E-state index in [0.29, 0.717) is 12.2 Å². The molecule has 0 spiro atoms. The first kappa shape index (κ1) is 14.3. The van der Waals surface area contributed by atoms with Gasteiger partial charge in [0, 0.05) is 12.6 Å². The van der Waals surface area contributed by atoms with Crippen molar-refractivity contribution < 1.29 is 14.8 Å². The summed E-state index contributed by atoms with van der Waals surface area (Å²) in [7, 11) is 0. The zero-order valence-corrected chi connectivity index (χ0v) is 11.4. The zero-order chi connectivity index (χ0) is 14.8. The number of carboxylic acids is 1. The minimum atomic E-state index is -0.815. The van der Waals surface area contributed by atoms with E-state index in [-0.39, 0.29) is 17.5 Å². The van der Waals surface area contributed by atoms with Crippen molar-refractivity contribution in [1.82, 2.24) is 0 Å². The van der Waals surface area contributed by atoms with Gasteiger partial charge in [-0.15, -0.1) is 0 Å². The lowest BCUT2D eigenvalue weighted by Crippen LogP contribution is -2.38. The van der Waals surface area contributed by atoms with Crippen molar-refractivity contribution in [2.75, 3.05) is 11.9 Å². The van der Waals surface area contributed by atoms with Crippen molar-refractivity contribution in [3.63, 3.8) is 0 Å². The molecule has 0 aliphatic heterocycles. The standard InChI is InChI=1S/C14H18N2O4/c1-10-3-4-11(12(7-10)16(19)20)15-9-14(5-2-6-14)8-13(17)18/h3-4,7,15H,2,5-6,8-9H2,1H3,(H,17,18). The first-order chi connectivity index (χ1) is 9.42. The number of carbonyl (C=O) groups is 1. The minimum absolute atomic E-state index is 0.0369. The lowest BCUT2D eigenvalue weighted by atomic mass is 9.66. The minimum Gasteiger partial charge on any atom is -0.481 e. The van der Waals surface area contributed by atoms with Crippen LogP contribution in [0.25, 0.3) is 0 Å². The summed E-state index contributed by atoms with van der Waals surface area (Å²) >= 11 is 0. The lowest BCUT2D eigenvalue weighted by molar-refractivity contribution is -0.384. The molecule has 1 aromatic rings. The fraction of sp³-hybridized carbons (Fsp3) is 0.500. The van der Waals surface area contributed by atoms with E-state index < -0.39 is 10.9 Å². The molecular formula is C14H18N2O4. The van der Waals surface area contributed by atoms with Crippen molar-refractivity contribution in [3.05, 3.63) is 33.9 Å². The third-order valence-corrected chi connectivity index (χ3v) is 3.94. The van der Waals surface area contributed by atoms with E-state index in [9.17, 15) is 14.9 Å². The van der Waals surface area contributed by atoms with Crippen LogP contribution in [0.1, 0.15) is 31.2 Å². The summed E-state index contributed by atoms with van der Waals surface area (Å²) in [4.78, 5) is 21.5. The highest BCUT2D eigenvalue weighted by atomic mass is 16.6. The molecule has 20 heavy (non-hydrogen) atoms. The normalized spacial score (nSPS) is 16.2. The molecule has 0 atom stereocenters. The molecule has 2 N–H and O–H groups in total. The number of aliphatic carboxylic acids is 1. The topological polar surface area (TPSA) is 92.5 Å². The molecule has 2 rings (SSSR count). The quantitative estimate of drug-likeness (QED) is 0.616. The maximum Gasteiger partial charge on any atom is 0.303 e. The van der Waals surface area contributed by atoms with Gasteiger partial charge in [0.15, 0.2) is 0 Å². The van der Waals surface area contributed by atoms with Gasteiger partial charge in [-0.25, -0.2) is 0 Å². The maximum atomic E-state index is 11.0. The third-order valence-electron chi connectivity index (χ3n) is 3.94. The Morgan fingerprint density at radius 2 is 2.20 bits per heavy atom. The molecule has 0 aromatic heterocycles. The van der Waals surface area contributed by atoms with Gasteiger partial charge in [-0.3, -0.25) is 14.9 Å². The molecule has 0 heterocycles. The third kappa shape index (κ3) is 3.07. The van der Waals surface area contributed by atoms with E-state index in [2.05, 4.69) is 5.32 Å². The summed E-state index contributed by atoms with van der Waals surface area (Å²) in [5.41, 5.74) is 1.06. The van der Waals surface area contributed by atoms with Crippen LogP contribution in [0.15, 0.2) is 18.2 Å². The van der Waals surface area contributed by atoms with Crippen LogP contribution in [0, 0.1) is 22.5 Å². The Morgan fingerprint density at radius 3 is 2.70 bits per heavy atom. The van der Waals surface area contributed by atoms with Gasteiger partial charge >= 0.3 is 5.97 Å². The Labute approximate surface area is 117 Å². The monoisotopic (exact) mass is 278 g/mol. The predicted octanol–water partition coefficient (Wildman–Crippen LogP) is 2.96. The average Bonchev–Trinajstić information content (AvgIpc) is 2.33. The molecule has 0 bridgehead atoms. The number of nitro groups is 1. The Morgan fingerprint density at radius 1 is 1.50 bits per heavy atom. The molecule has 1 fully saturated rings. The first-order valence-corrected chi connectivity index (χ1v) is 6.63. The summed E-state index contributed by atoms with van der Waals surface area (Å²) in [6, 6.07) is 5.01. The van der Waals surface area contributed by atoms with Gasteiger partial charge in [-0.1, -0.05) is 12.5 Å². The number of carboxylic acid groups (broad SMARTS) is 1. The summed E-state index contributed by atoms with van der Waals surface area (Å²) in [5.74, 6) is -0.815. The van der Waals surface area contributed by atoms with Gasteiger partial charge in [-0.2, -0.15) is 0 Å². The number of hydrogen-bond acceptors (Lipinski definition) is 4. The van der Waals surface area contributed by atoms with Crippen LogP contribution in [-0.2, 0) is 4.79 Å². The van der Waals surface area contributed by atoms with Crippen molar-refractivity contribution in [3.8, 4) is 0 Å². The molecule has 0 amide bonds. The summed E-state index contributed by atoms with van der Waals surface area (Å²) in [6.45, 7) is 2.26. The highest BCUT2D eigenvalue weighted by Gasteiger charge is 2.39. The Kier molecular flexibility index (Phi) is 3.92. The van der Waals surface area contributed by atoms with Crippen molar-refractivity contribution in [2.45, 2.75) is 32.6 Å². The maximum absolute atomic E-state index is 11.0. The number of nitrogens with zero attached hydrogens (tertiary/aromatic N) is 1. The van der Waals surface area contributed by atoms with Crippen molar-refractivity contribution >= 4 is 17.3 Å². The van der Waals surface area contributed by atoms with E-state index in [4.69, 9.17) is 5.11 Å². The second-order valence-corrected chi connectivity index (χ2v) is 5.56. The van der Waals surface area contributed by atoms with Gasteiger partial charge in [0.2, 0.25) is 0 Å². The number of hydrogen-bond donors (Lipinski definition) is 2. The molecule has 1 saturated carbocycles. The number of nitro benzene ring substituents is 1. The molecule has 1 aromatic carbocycles. The number of anilines is 1. The fourth-order valence-corrected chi connectivity index (χ4v) is 2.64. The smallest absolute Gasteiger partial charge is 0.303 e. The van der Waals surface area contributed by atoms with Crippen LogP contribution in [0.3, 0.4) is 0 Å². The van der Waals surface area contributed by atoms with E-state index >= 15 is 0 Å². The SMILES string of the molecule is Cc1ccc(NCC2(CC(=O)O)CCC2)c([N+](=O)[O-])c1. The molecular weight excluding hydrogens is 260 g/mol. The van der Waals surface area contributed by atoms with Crippen molar-refractivity contribution in [1.29, 1.82) is 0 Å². The lowest BCUT2D eigenvalue weighted by Gasteiger charge is -2.41. The molecule has 0 radical (unpaired) electrons. The molecule has 1 aliphatic rings. The number of benzene rings is 1. The highest BCUT2D eigenvalue weighted by Crippen LogP contribution is 2.44. The summed E-state index contributed by atoms with van der Waals surface area (Å²) in [6.07, 6.45) is 2.84. The average molecular weight is 278 g/mol. The molecule has 6 nitrogen and oxygen atoms in total. The molecule has 0 saturated heterocycles. The van der Waals surface area contributed by atoms with E-state index in [0.717, 1.165) is 24.8 Å². The largest absolute Gasteiger partial charge is 0.481 e. The number of rotatable bonds is 6. The van der Waals surface area contributed by atoms with E-state index in [1.165, 1.54) is 6.07 Å². The van der Waals surface area contributed by atoms with Gasteiger partial charge < -0.3 is 10.4 Å². The molecule has 6 heteroatoms. The van der Waals surface area contributed by atoms with Gasteiger partial charge in [-0.05, 0) is 36.8 Å². The zero-order valence-electron chi connectivity index (χ0n) is 11.4. The van der Waals surface area contributed by atoms with E-state index in [1.54, 1.807) is 19.1 Å². The van der Waals surface area contributed by atoms with Crippen molar-refractivity contribution in [2.24, 2.45) is 5.41 Å². The molecule has 108 valence electrons. The van der Waals surface area contributed by atoms with Crippen LogP contribution < -0.4 is 5.32 Å². The van der Waals surface area contributed by atoms with Crippen LogP contribution >= 0.6 is 0 Å². The van der Waals surface area contributed by atoms with Crippen LogP contribution in [-0.4, -0.2) is 22.5 Å². The first-order valence-electron chi connectivity index (χ1n) is 6.63. The van der Waals surface area contributed by atoms with Crippen LogP contribution in [0.5, 0.6) is 0 Å². The highest BCUT2D eigenvalue weighted by molar-refractivity contribution is 5.68. The second kappa shape index (κ2) is 5.48. The van der Waals surface area contributed by atoms with E-state index in [1.807, 2.05) is 0 Å². The summed E-state index contributed by atoms with van der Waals surface area (Å²) < 4.78 is 0. The second-order valence-electron chi connectivity index (χ2n) is 5.56. The predicted molar refractivity (Wildman–Crippen MR) is 74.9 cm³/mol. The van der Waals surface area contributed by atoms with Gasteiger partial charge in [0.1, 0.15) is 5.69 Å². The van der Waals surface area contributed by atoms with Crippen LogP contribution in [0.2, 0.25) is 0 Å². The summed E-state index contributed by atoms with van der Waals surface area (Å²) in [5, 5.41) is 23.1. The Bertz CT molecular complexity index is 538. The Hall–Kier alpha value is -2.11. The van der Waals surface area contributed by atoms with Gasteiger partial charge in [0.25, 0.3) is 5.69 Å².